The number of hydrogen-bond donors (Lipinski definition) is 0. The van der Waals surface area contributed by atoms with E-state index in [0.717, 1.165) is 6.42 Å². The second kappa shape index (κ2) is 7.50. The van der Waals surface area contributed by atoms with Crippen molar-refractivity contribution in [2.24, 2.45) is 0 Å². The Labute approximate surface area is 104 Å². The minimum absolute atomic E-state index is 0. The van der Waals surface area contributed by atoms with Gasteiger partial charge in [-0.05, 0) is 0 Å². The maximum absolute atomic E-state index is 2.22. The second-order valence-electron chi connectivity index (χ2n) is 3.61. The molecule has 1 heteroatoms. The molecule has 0 aliphatic carbocycles. The maximum Gasteiger partial charge on any atom is 2.00 e. The number of rotatable bonds is 1. The molecule has 0 N–H and O–H groups in total. The molecule has 2 aromatic rings. The van der Waals surface area contributed by atoms with Crippen LogP contribution in [0.2, 0.25) is 0 Å². The summed E-state index contributed by atoms with van der Waals surface area (Å²) in [5, 5.41) is 0. The zero-order chi connectivity index (χ0) is 10.4. The average molecular weight is 242 g/mol. The molecular formula is C14H18Fe. The molecule has 0 radical (unpaired) electrons. The fourth-order valence-corrected chi connectivity index (χ4v) is 1.32. The summed E-state index contributed by atoms with van der Waals surface area (Å²) < 4.78 is 0. The van der Waals surface area contributed by atoms with Crippen LogP contribution in [0.25, 0.3) is 0 Å². The van der Waals surface area contributed by atoms with Crippen LogP contribution in [0.1, 0.15) is 23.6 Å². The van der Waals surface area contributed by atoms with E-state index in [1.165, 1.54) is 16.7 Å². The van der Waals surface area contributed by atoms with Crippen LogP contribution in [0.3, 0.4) is 0 Å². The van der Waals surface area contributed by atoms with Gasteiger partial charge < -0.3 is 0 Å². The third-order valence-corrected chi connectivity index (χ3v) is 2.21. The first-order chi connectivity index (χ1) is 6.72. The molecule has 0 bridgehead atoms. The van der Waals surface area contributed by atoms with E-state index in [1.807, 2.05) is 12.1 Å². The van der Waals surface area contributed by atoms with Crippen molar-refractivity contribution in [1.82, 2.24) is 0 Å². The molecule has 15 heavy (non-hydrogen) atoms. The van der Waals surface area contributed by atoms with Gasteiger partial charge in [0.1, 0.15) is 0 Å². The minimum atomic E-state index is 0. The Morgan fingerprint density at radius 1 is 1.27 bits per heavy atom. The fraction of sp³-hybridized carbons (Fsp3) is 0.286. The summed E-state index contributed by atoms with van der Waals surface area (Å²) in [4.78, 5) is 0. The Hall–Kier alpha value is -0.781. The molecule has 2 rings (SSSR count). The van der Waals surface area contributed by atoms with Crippen molar-refractivity contribution < 1.29 is 17.1 Å². The average Bonchev–Trinajstić information content (AvgIpc) is 2.77. The smallest absolute Gasteiger partial charge is 0.213 e. The van der Waals surface area contributed by atoms with Crippen LogP contribution < -0.4 is 0 Å². The standard InChI is InChI=1S/C8H11.C6H7.Fe/c1-3-8-5-4-7(2)6-8;1-6-4-2-3-5-6;/h4-6H,3H2,1-2H3;2-5H,1H3;/q2*-1;+2. The van der Waals surface area contributed by atoms with E-state index >= 15 is 0 Å². The molecule has 2 aromatic carbocycles. The van der Waals surface area contributed by atoms with Crippen LogP contribution >= 0.6 is 0 Å². The third kappa shape index (κ3) is 5.61. The van der Waals surface area contributed by atoms with Gasteiger partial charge in [-0.15, -0.1) is 0 Å². The molecule has 0 atom stereocenters. The van der Waals surface area contributed by atoms with Crippen LogP contribution in [0.15, 0.2) is 42.5 Å². The van der Waals surface area contributed by atoms with Crippen LogP contribution in [0.4, 0.5) is 0 Å². The normalized spacial score (nSPS) is 8.73. The van der Waals surface area contributed by atoms with Gasteiger partial charge in [-0.3, -0.25) is 0 Å². The van der Waals surface area contributed by atoms with E-state index in [4.69, 9.17) is 0 Å². The van der Waals surface area contributed by atoms with Crippen molar-refractivity contribution in [3.63, 3.8) is 0 Å². The second-order valence-corrected chi connectivity index (χ2v) is 3.61. The monoisotopic (exact) mass is 242 g/mol. The van der Waals surface area contributed by atoms with Gasteiger partial charge in [0.25, 0.3) is 0 Å². The van der Waals surface area contributed by atoms with Crippen LogP contribution in [-0.4, -0.2) is 0 Å². The summed E-state index contributed by atoms with van der Waals surface area (Å²) in [6, 6.07) is 14.8. The van der Waals surface area contributed by atoms with Gasteiger partial charge in [0.05, 0.1) is 0 Å². The van der Waals surface area contributed by atoms with Crippen molar-refractivity contribution >= 4 is 0 Å². The summed E-state index contributed by atoms with van der Waals surface area (Å²) in [6.07, 6.45) is 1.16. The molecule has 0 amide bonds. The third-order valence-electron chi connectivity index (χ3n) is 2.21. The van der Waals surface area contributed by atoms with Gasteiger partial charge in [-0.2, -0.15) is 35.4 Å². The van der Waals surface area contributed by atoms with Gasteiger partial charge in [0.2, 0.25) is 0 Å². The zero-order valence-corrected chi connectivity index (χ0v) is 10.7. The molecular weight excluding hydrogens is 224 g/mol. The SMILES string of the molecule is CC[c-]1ccc(C)c1.Cc1ccc[cH-]1.[Fe+2]. The molecule has 0 fully saturated rings. The van der Waals surface area contributed by atoms with Crippen LogP contribution in [0.5, 0.6) is 0 Å². The Kier molecular flexibility index (Phi) is 7.11. The molecule has 0 aliphatic rings. The molecule has 0 unspecified atom stereocenters. The van der Waals surface area contributed by atoms with Crippen molar-refractivity contribution in [2.45, 2.75) is 27.2 Å². The first-order valence-electron chi connectivity index (χ1n) is 5.13. The van der Waals surface area contributed by atoms with Gasteiger partial charge in [0.15, 0.2) is 0 Å². The molecule has 0 aliphatic heterocycles. The van der Waals surface area contributed by atoms with Crippen LogP contribution in [-0.2, 0) is 23.5 Å². The Bertz CT molecular complexity index is 341. The van der Waals surface area contributed by atoms with Crippen LogP contribution in [0, 0.1) is 13.8 Å². The summed E-state index contributed by atoms with van der Waals surface area (Å²) in [6.45, 7) is 6.38. The Balaban J connectivity index is 0.000000253. The van der Waals surface area contributed by atoms with E-state index < -0.39 is 0 Å². The molecule has 0 nitrogen and oxygen atoms in total. The fourth-order valence-electron chi connectivity index (χ4n) is 1.32. The molecule has 0 spiro atoms. The molecule has 0 saturated heterocycles. The van der Waals surface area contributed by atoms with E-state index in [0.29, 0.717) is 0 Å². The number of hydrogen-bond acceptors (Lipinski definition) is 0. The van der Waals surface area contributed by atoms with E-state index in [9.17, 15) is 0 Å². The van der Waals surface area contributed by atoms with Crippen molar-refractivity contribution in [1.29, 1.82) is 0 Å². The largest absolute Gasteiger partial charge is 2.00 e. The van der Waals surface area contributed by atoms with Gasteiger partial charge in [0, 0.05) is 0 Å². The summed E-state index contributed by atoms with van der Waals surface area (Å²) in [7, 11) is 0. The first kappa shape index (κ1) is 14.2. The molecule has 0 aromatic heterocycles. The summed E-state index contributed by atoms with van der Waals surface area (Å²) >= 11 is 0. The zero-order valence-electron chi connectivity index (χ0n) is 9.60. The summed E-state index contributed by atoms with van der Waals surface area (Å²) in [5.74, 6) is 0. The van der Waals surface area contributed by atoms with Gasteiger partial charge in [-0.25, -0.2) is 23.8 Å². The van der Waals surface area contributed by atoms with E-state index in [1.54, 1.807) is 0 Å². The minimum Gasteiger partial charge on any atom is -0.213 e. The molecule has 0 saturated carbocycles. The maximum atomic E-state index is 2.22. The summed E-state index contributed by atoms with van der Waals surface area (Å²) in [5.41, 5.74) is 4.17. The predicted octanol–water partition coefficient (Wildman–Crippen LogP) is 3.99. The molecule has 0 heterocycles. The van der Waals surface area contributed by atoms with Crippen molar-refractivity contribution in [2.75, 3.05) is 0 Å². The van der Waals surface area contributed by atoms with E-state index in [2.05, 4.69) is 51.1 Å². The first-order valence-corrected chi connectivity index (χ1v) is 5.13. The predicted molar refractivity (Wildman–Crippen MR) is 62.9 cm³/mol. The topological polar surface area (TPSA) is 0 Å². The van der Waals surface area contributed by atoms with E-state index in [-0.39, 0.29) is 17.1 Å². The Morgan fingerprint density at radius 2 is 2.00 bits per heavy atom. The Morgan fingerprint density at radius 3 is 2.20 bits per heavy atom. The van der Waals surface area contributed by atoms with Gasteiger partial charge >= 0.3 is 17.1 Å². The van der Waals surface area contributed by atoms with Crippen molar-refractivity contribution in [3.8, 4) is 0 Å². The van der Waals surface area contributed by atoms with Crippen molar-refractivity contribution in [3.05, 3.63) is 59.2 Å². The molecule has 82 valence electrons. The number of aryl methyl sites for hydroxylation is 3. The van der Waals surface area contributed by atoms with Gasteiger partial charge in [-0.1, -0.05) is 27.2 Å². The quantitative estimate of drug-likeness (QED) is 0.524.